The average molecular weight is 329 g/mol. The monoisotopic (exact) mass is 329 g/mol. The van der Waals surface area contributed by atoms with Crippen molar-refractivity contribution in [2.24, 2.45) is 4.99 Å². The van der Waals surface area contributed by atoms with Gasteiger partial charge in [-0.25, -0.2) is 9.79 Å². The first-order chi connectivity index (χ1) is 10.8. The van der Waals surface area contributed by atoms with E-state index in [1.165, 1.54) is 13.0 Å². The van der Waals surface area contributed by atoms with Crippen LogP contribution in [0.1, 0.15) is 12.5 Å². The number of carbonyl (C=O) groups is 1. The van der Waals surface area contributed by atoms with E-state index in [1.807, 2.05) is 0 Å². The predicted molar refractivity (Wildman–Crippen MR) is 75.4 cm³/mol. The van der Waals surface area contributed by atoms with Crippen LogP contribution in [0, 0.1) is 0 Å². The molecule has 0 bridgehead atoms. The third-order valence-electron chi connectivity index (χ3n) is 3.02. The number of benzene rings is 1. The fourth-order valence-electron chi connectivity index (χ4n) is 1.91. The fraction of sp³-hybridized carbons (Fsp3) is 0.333. The Labute approximate surface area is 130 Å². The third kappa shape index (κ3) is 3.53. The second-order valence-electron chi connectivity index (χ2n) is 4.67. The maximum atomic E-state index is 13.1. The largest absolute Gasteiger partial charge is 0.463 e. The summed E-state index contributed by atoms with van der Waals surface area (Å²) in [4.78, 5) is 14.8. The number of esters is 1. The summed E-state index contributed by atoms with van der Waals surface area (Å²) in [5, 5.41) is 9.78. The van der Waals surface area contributed by atoms with Crippen molar-refractivity contribution in [2.75, 3.05) is 6.61 Å². The lowest BCUT2D eigenvalue weighted by Gasteiger charge is -2.26. The number of ether oxygens (including phenoxy) is 2. The smallest absolute Gasteiger partial charge is 0.443 e. The number of aliphatic imine (C=N–C) groups is 1. The molecule has 1 aliphatic heterocycles. The Hall–Kier alpha value is -2.35. The third-order valence-corrected chi connectivity index (χ3v) is 3.02. The Kier molecular flexibility index (Phi) is 4.74. The van der Waals surface area contributed by atoms with Crippen molar-refractivity contribution in [1.29, 1.82) is 0 Å². The van der Waals surface area contributed by atoms with Crippen molar-refractivity contribution in [1.82, 2.24) is 0 Å². The second kappa shape index (κ2) is 6.41. The summed E-state index contributed by atoms with van der Waals surface area (Å²) in [6.07, 6.45) is -4.89. The molecule has 124 valence electrons. The molecule has 0 spiro atoms. The zero-order valence-electron chi connectivity index (χ0n) is 12.1. The molecule has 23 heavy (non-hydrogen) atoms. The molecule has 8 heteroatoms. The Morgan fingerprint density at radius 2 is 2.04 bits per heavy atom. The van der Waals surface area contributed by atoms with Gasteiger partial charge in [-0.15, -0.1) is 0 Å². The molecule has 0 fully saturated rings. The Balaban J connectivity index is 2.27. The van der Waals surface area contributed by atoms with Crippen LogP contribution < -0.4 is 0 Å². The summed E-state index contributed by atoms with van der Waals surface area (Å²) in [5.74, 6) is -1.84. The zero-order chi connectivity index (χ0) is 17.1. The molecule has 1 N–H and O–H groups in total. The molecule has 1 aromatic rings. The number of nitrogens with zero attached hydrogens (tertiary/aromatic N) is 1. The van der Waals surface area contributed by atoms with Gasteiger partial charge < -0.3 is 14.6 Å². The van der Waals surface area contributed by atoms with E-state index in [2.05, 4.69) is 9.73 Å². The molecular weight excluding hydrogens is 315 g/mol. The van der Waals surface area contributed by atoms with Crippen LogP contribution in [0.2, 0.25) is 0 Å². The van der Waals surface area contributed by atoms with E-state index in [0.717, 1.165) is 6.08 Å². The summed E-state index contributed by atoms with van der Waals surface area (Å²) in [6, 6.07) is 8.69. The van der Waals surface area contributed by atoms with Crippen molar-refractivity contribution < 1.29 is 32.5 Å². The minimum Gasteiger partial charge on any atom is -0.463 e. The number of alkyl halides is 3. The van der Waals surface area contributed by atoms with Crippen molar-refractivity contribution >= 4 is 17.9 Å². The van der Waals surface area contributed by atoms with Crippen molar-refractivity contribution in [3.63, 3.8) is 0 Å². The van der Waals surface area contributed by atoms with Crippen LogP contribution in [0.3, 0.4) is 0 Å². The summed E-state index contributed by atoms with van der Waals surface area (Å²) in [7, 11) is 0. The van der Waals surface area contributed by atoms with Gasteiger partial charge in [-0.2, -0.15) is 13.2 Å². The average Bonchev–Trinajstić information content (AvgIpc) is 2.85. The highest BCUT2D eigenvalue weighted by atomic mass is 19.4. The highest BCUT2D eigenvalue weighted by Crippen LogP contribution is 2.40. The molecule has 0 radical (unpaired) electrons. The highest BCUT2D eigenvalue weighted by Gasteiger charge is 2.67. The van der Waals surface area contributed by atoms with E-state index in [-0.39, 0.29) is 6.61 Å². The normalized spacial score (nSPS) is 24.4. The number of hydrogen-bond acceptors (Lipinski definition) is 5. The van der Waals surface area contributed by atoms with Gasteiger partial charge in [0.15, 0.2) is 0 Å². The highest BCUT2D eigenvalue weighted by molar-refractivity contribution is 5.96. The summed E-state index contributed by atoms with van der Waals surface area (Å²) in [6.45, 7) is 1.28. The van der Waals surface area contributed by atoms with Gasteiger partial charge in [-0.3, -0.25) is 0 Å². The molecule has 0 aromatic heterocycles. The molecule has 0 saturated heterocycles. The van der Waals surface area contributed by atoms with Crippen LogP contribution in [0.5, 0.6) is 0 Å². The molecule has 5 nitrogen and oxygen atoms in total. The number of carbonyl (C=O) groups excluding carboxylic acids is 1. The Morgan fingerprint density at radius 3 is 2.61 bits per heavy atom. The number of halogens is 3. The molecule has 2 atom stereocenters. The van der Waals surface area contributed by atoms with Crippen molar-refractivity contribution in [3.05, 3.63) is 42.0 Å². The van der Waals surface area contributed by atoms with Crippen molar-refractivity contribution in [3.8, 4) is 0 Å². The van der Waals surface area contributed by atoms with Gasteiger partial charge in [0.05, 0.1) is 6.61 Å². The van der Waals surface area contributed by atoms with Crippen LogP contribution >= 0.6 is 0 Å². The minimum atomic E-state index is -5.19. The first-order valence-electron chi connectivity index (χ1n) is 6.73. The molecule has 0 amide bonds. The second-order valence-corrected chi connectivity index (χ2v) is 4.67. The first kappa shape index (κ1) is 17.0. The molecule has 1 aromatic carbocycles. The van der Waals surface area contributed by atoms with E-state index in [0.29, 0.717) is 5.56 Å². The summed E-state index contributed by atoms with van der Waals surface area (Å²) in [5.41, 5.74) is -2.98. The molecule has 2 rings (SSSR count). The molecule has 2 unspecified atom stereocenters. The van der Waals surface area contributed by atoms with E-state index >= 15 is 0 Å². The maximum Gasteiger partial charge on any atom is 0.443 e. The standard InChI is InChI=1S/C15H14F3NO4/c1-2-22-13(20)12-14(21,15(16,17)18)19-11(23-12)9-8-10-6-4-3-5-7-10/h3-9,12,21H,2H2,1H3. The van der Waals surface area contributed by atoms with Gasteiger partial charge in [-0.05, 0) is 18.6 Å². The van der Waals surface area contributed by atoms with Gasteiger partial charge in [-0.1, -0.05) is 30.3 Å². The number of rotatable bonds is 4. The lowest BCUT2D eigenvalue weighted by atomic mass is 10.1. The summed E-state index contributed by atoms with van der Waals surface area (Å²) < 4.78 is 48.6. The lowest BCUT2D eigenvalue weighted by Crippen LogP contribution is -2.54. The van der Waals surface area contributed by atoms with E-state index < -0.39 is 29.9 Å². The molecular formula is C15H14F3NO4. The zero-order valence-corrected chi connectivity index (χ0v) is 12.1. The molecule has 0 aliphatic carbocycles. The van der Waals surface area contributed by atoms with Crippen molar-refractivity contribution in [2.45, 2.75) is 24.9 Å². The van der Waals surface area contributed by atoms with Gasteiger partial charge >= 0.3 is 17.9 Å². The molecule has 1 heterocycles. The predicted octanol–water partition coefficient (Wildman–Crippen LogP) is 2.31. The van der Waals surface area contributed by atoms with Crippen LogP contribution in [0.15, 0.2) is 41.4 Å². The van der Waals surface area contributed by atoms with Gasteiger partial charge in [0.2, 0.25) is 5.90 Å². The molecule has 0 saturated carbocycles. The van der Waals surface area contributed by atoms with Gasteiger partial charge in [0.25, 0.3) is 6.10 Å². The minimum absolute atomic E-state index is 0.151. The fourth-order valence-corrected chi connectivity index (χ4v) is 1.91. The van der Waals surface area contributed by atoms with Crippen LogP contribution in [-0.4, -0.2) is 41.6 Å². The first-order valence-corrected chi connectivity index (χ1v) is 6.73. The number of hydrogen-bond donors (Lipinski definition) is 1. The van der Waals surface area contributed by atoms with E-state index in [1.54, 1.807) is 30.3 Å². The SMILES string of the molecule is CCOC(=O)C1OC(C=Cc2ccccc2)=NC1(O)C(F)(F)F. The van der Waals surface area contributed by atoms with Crippen LogP contribution in [0.25, 0.3) is 6.08 Å². The van der Waals surface area contributed by atoms with Crippen LogP contribution in [0.4, 0.5) is 13.2 Å². The Bertz CT molecular complexity index is 627. The topological polar surface area (TPSA) is 68.1 Å². The lowest BCUT2D eigenvalue weighted by molar-refractivity contribution is -0.276. The van der Waals surface area contributed by atoms with Gasteiger partial charge in [0, 0.05) is 6.08 Å². The summed E-state index contributed by atoms with van der Waals surface area (Å²) >= 11 is 0. The Morgan fingerprint density at radius 1 is 1.39 bits per heavy atom. The van der Waals surface area contributed by atoms with Crippen LogP contribution in [-0.2, 0) is 14.3 Å². The van der Waals surface area contributed by atoms with Gasteiger partial charge in [0.1, 0.15) is 0 Å². The number of aliphatic hydroxyl groups is 1. The quantitative estimate of drug-likeness (QED) is 0.861. The maximum absolute atomic E-state index is 13.1. The van der Waals surface area contributed by atoms with E-state index in [9.17, 15) is 23.1 Å². The molecule has 1 aliphatic rings. The van der Waals surface area contributed by atoms with E-state index in [4.69, 9.17) is 4.74 Å².